The Morgan fingerprint density at radius 1 is 1.11 bits per heavy atom. The van der Waals surface area contributed by atoms with E-state index in [9.17, 15) is 5.11 Å². The standard InChI is InChI=1S/C21H16BrClN4O/c1-12-8-18(26-11-16(12)22)27-19(13-4-2-6-24-10-13)15-9-17(23)14-5-3-7-25-20(14)21(15)28/h2-11,19,28H,1H3,(H,26,27). The lowest BCUT2D eigenvalue weighted by molar-refractivity contribution is 0.471. The number of hydrogen-bond donors (Lipinski definition) is 2. The number of anilines is 1. The maximum absolute atomic E-state index is 11.0. The monoisotopic (exact) mass is 454 g/mol. The summed E-state index contributed by atoms with van der Waals surface area (Å²) in [6.07, 6.45) is 6.83. The van der Waals surface area contributed by atoms with E-state index in [0.717, 1.165) is 15.6 Å². The number of rotatable bonds is 4. The maximum Gasteiger partial charge on any atom is 0.147 e. The molecule has 0 saturated carbocycles. The van der Waals surface area contributed by atoms with Gasteiger partial charge in [0.25, 0.3) is 0 Å². The van der Waals surface area contributed by atoms with E-state index in [4.69, 9.17) is 11.6 Å². The second-order valence-corrected chi connectivity index (χ2v) is 7.64. The van der Waals surface area contributed by atoms with E-state index < -0.39 is 6.04 Å². The van der Waals surface area contributed by atoms with Crippen LogP contribution >= 0.6 is 27.5 Å². The number of hydrogen-bond acceptors (Lipinski definition) is 5. The highest BCUT2D eigenvalue weighted by atomic mass is 79.9. The number of nitrogens with one attached hydrogen (secondary N) is 1. The van der Waals surface area contributed by atoms with Crippen molar-refractivity contribution >= 4 is 44.3 Å². The van der Waals surface area contributed by atoms with E-state index in [-0.39, 0.29) is 5.75 Å². The summed E-state index contributed by atoms with van der Waals surface area (Å²) in [4.78, 5) is 13.0. The van der Waals surface area contributed by atoms with Crippen LogP contribution in [0.5, 0.6) is 5.75 Å². The molecule has 1 atom stereocenters. The van der Waals surface area contributed by atoms with Gasteiger partial charge >= 0.3 is 0 Å². The summed E-state index contributed by atoms with van der Waals surface area (Å²) in [6.45, 7) is 1.99. The third kappa shape index (κ3) is 3.53. The van der Waals surface area contributed by atoms with Crippen molar-refractivity contribution in [3.8, 4) is 5.75 Å². The molecule has 0 aliphatic carbocycles. The zero-order valence-electron chi connectivity index (χ0n) is 14.9. The summed E-state index contributed by atoms with van der Waals surface area (Å²) in [6, 6.07) is 10.7. The molecule has 0 saturated heterocycles. The van der Waals surface area contributed by atoms with E-state index in [1.807, 2.05) is 31.2 Å². The molecule has 0 bridgehead atoms. The Labute approximate surface area is 175 Å². The van der Waals surface area contributed by atoms with E-state index in [0.29, 0.717) is 27.3 Å². The summed E-state index contributed by atoms with van der Waals surface area (Å²) < 4.78 is 0.928. The molecule has 0 radical (unpaired) electrons. The first-order valence-corrected chi connectivity index (χ1v) is 9.76. The minimum absolute atomic E-state index is 0.0789. The number of aromatic nitrogens is 3. The molecular formula is C21H16BrClN4O. The van der Waals surface area contributed by atoms with Gasteiger partial charge in [0.1, 0.15) is 17.1 Å². The van der Waals surface area contributed by atoms with Crippen LogP contribution < -0.4 is 5.32 Å². The molecule has 28 heavy (non-hydrogen) atoms. The number of benzene rings is 1. The normalized spacial score (nSPS) is 12.1. The van der Waals surface area contributed by atoms with Crippen molar-refractivity contribution in [2.45, 2.75) is 13.0 Å². The van der Waals surface area contributed by atoms with Gasteiger partial charge in [-0.2, -0.15) is 0 Å². The van der Waals surface area contributed by atoms with Gasteiger partial charge in [0.2, 0.25) is 0 Å². The lowest BCUT2D eigenvalue weighted by Crippen LogP contribution is -2.14. The second kappa shape index (κ2) is 7.73. The quantitative estimate of drug-likeness (QED) is 0.416. The Kier molecular flexibility index (Phi) is 5.15. The number of pyridine rings is 3. The molecule has 1 unspecified atom stereocenters. The molecule has 0 aliphatic heterocycles. The Morgan fingerprint density at radius 2 is 1.93 bits per heavy atom. The van der Waals surface area contributed by atoms with Crippen LogP contribution in [0, 0.1) is 6.92 Å². The minimum atomic E-state index is -0.411. The Hall–Kier alpha value is -2.70. The van der Waals surface area contributed by atoms with Gasteiger partial charge in [-0.15, -0.1) is 0 Å². The first kappa shape index (κ1) is 18.7. The van der Waals surface area contributed by atoms with Gasteiger partial charge in [-0.3, -0.25) is 9.97 Å². The number of aromatic hydroxyl groups is 1. The SMILES string of the molecule is Cc1cc(NC(c2cccnc2)c2cc(Cl)c3cccnc3c2O)ncc1Br. The van der Waals surface area contributed by atoms with Gasteiger partial charge in [0, 0.05) is 40.2 Å². The van der Waals surface area contributed by atoms with Crippen LogP contribution in [0.2, 0.25) is 5.02 Å². The highest BCUT2D eigenvalue weighted by molar-refractivity contribution is 9.10. The third-order valence-corrected chi connectivity index (χ3v) is 5.66. The van der Waals surface area contributed by atoms with Crippen LogP contribution in [-0.2, 0) is 0 Å². The summed E-state index contributed by atoms with van der Waals surface area (Å²) in [5.74, 6) is 0.751. The van der Waals surface area contributed by atoms with E-state index in [1.54, 1.807) is 36.9 Å². The number of phenols is 1. The fraction of sp³-hybridized carbons (Fsp3) is 0.0952. The average Bonchev–Trinajstić information content (AvgIpc) is 2.72. The molecule has 0 fully saturated rings. The third-order valence-electron chi connectivity index (χ3n) is 4.51. The number of nitrogens with zero attached hydrogens (tertiary/aromatic N) is 3. The highest BCUT2D eigenvalue weighted by Gasteiger charge is 2.22. The van der Waals surface area contributed by atoms with Gasteiger partial charge in [-0.25, -0.2) is 4.98 Å². The predicted octanol–water partition coefficient (Wildman–Crippen LogP) is 5.66. The van der Waals surface area contributed by atoms with Crippen LogP contribution in [-0.4, -0.2) is 20.1 Å². The molecule has 0 amide bonds. The van der Waals surface area contributed by atoms with E-state index >= 15 is 0 Å². The zero-order valence-corrected chi connectivity index (χ0v) is 17.2. The molecule has 5 nitrogen and oxygen atoms in total. The average molecular weight is 456 g/mol. The van der Waals surface area contributed by atoms with Crippen molar-refractivity contribution in [1.82, 2.24) is 15.0 Å². The van der Waals surface area contributed by atoms with Crippen LogP contribution in [0.25, 0.3) is 10.9 Å². The van der Waals surface area contributed by atoms with Crippen molar-refractivity contribution in [3.63, 3.8) is 0 Å². The fourth-order valence-corrected chi connectivity index (χ4v) is 3.57. The second-order valence-electron chi connectivity index (χ2n) is 6.38. The summed E-state index contributed by atoms with van der Waals surface area (Å²) in [7, 11) is 0. The van der Waals surface area contributed by atoms with Crippen LogP contribution in [0.3, 0.4) is 0 Å². The van der Waals surface area contributed by atoms with Crippen LogP contribution in [0.4, 0.5) is 5.82 Å². The Bertz CT molecular complexity index is 1150. The molecule has 7 heteroatoms. The molecule has 4 rings (SSSR count). The Morgan fingerprint density at radius 3 is 2.68 bits per heavy atom. The molecule has 4 aromatic rings. The number of phenolic OH excluding ortho intramolecular Hbond substituents is 1. The van der Waals surface area contributed by atoms with Gasteiger partial charge in [0.15, 0.2) is 0 Å². The summed E-state index contributed by atoms with van der Waals surface area (Å²) in [5.41, 5.74) is 2.98. The van der Waals surface area contributed by atoms with Crippen molar-refractivity contribution in [2.75, 3.05) is 5.32 Å². The largest absolute Gasteiger partial charge is 0.505 e. The maximum atomic E-state index is 11.0. The van der Waals surface area contributed by atoms with Crippen LogP contribution in [0.15, 0.2) is 65.7 Å². The van der Waals surface area contributed by atoms with Gasteiger partial charge in [-0.1, -0.05) is 17.7 Å². The van der Waals surface area contributed by atoms with Crippen molar-refractivity contribution in [3.05, 3.63) is 87.4 Å². The number of fused-ring (bicyclic) bond motifs is 1. The zero-order chi connectivity index (χ0) is 19.7. The van der Waals surface area contributed by atoms with Crippen molar-refractivity contribution in [2.24, 2.45) is 0 Å². The van der Waals surface area contributed by atoms with E-state index in [1.165, 1.54) is 0 Å². The molecule has 2 N–H and O–H groups in total. The van der Waals surface area contributed by atoms with E-state index in [2.05, 4.69) is 36.2 Å². The predicted molar refractivity (Wildman–Crippen MR) is 115 cm³/mol. The van der Waals surface area contributed by atoms with Crippen molar-refractivity contribution in [1.29, 1.82) is 0 Å². The topological polar surface area (TPSA) is 70.9 Å². The van der Waals surface area contributed by atoms with Gasteiger partial charge in [-0.05, 0) is 64.3 Å². The lowest BCUT2D eigenvalue weighted by atomic mass is 9.97. The van der Waals surface area contributed by atoms with Crippen LogP contribution in [0.1, 0.15) is 22.7 Å². The number of halogens is 2. The molecule has 0 spiro atoms. The summed E-state index contributed by atoms with van der Waals surface area (Å²) in [5, 5.41) is 15.6. The minimum Gasteiger partial charge on any atom is -0.505 e. The summed E-state index contributed by atoms with van der Waals surface area (Å²) >= 11 is 9.97. The van der Waals surface area contributed by atoms with Gasteiger partial charge in [0.05, 0.1) is 11.1 Å². The molecule has 140 valence electrons. The molecule has 0 aliphatic rings. The molecule has 3 heterocycles. The Balaban J connectivity index is 1.88. The molecule has 3 aromatic heterocycles. The molecular weight excluding hydrogens is 440 g/mol. The molecule has 1 aromatic carbocycles. The first-order chi connectivity index (χ1) is 13.5. The lowest BCUT2D eigenvalue weighted by Gasteiger charge is -2.22. The highest BCUT2D eigenvalue weighted by Crippen LogP contribution is 2.39. The first-order valence-electron chi connectivity index (χ1n) is 8.59. The number of aryl methyl sites for hydroxylation is 1. The van der Waals surface area contributed by atoms with Gasteiger partial charge < -0.3 is 10.4 Å². The smallest absolute Gasteiger partial charge is 0.147 e. The van der Waals surface area contributed by atoms with Crippen molar-refractivity contribution < 1.29 is 5.11 Å². The fourth-order valence-electron chi connectivity index (χ4n) is 3.08.